The molecular formula is C23H33N3O2. The lowest BCUT2D eigenvalue weighted by molar-refractivity contribution is -0.139. The van der Waals surface area contributed by atoms with Crippen molar-refractivity contribution >= 4 is 11.9 Å². The van der Waals surface area contributed by atoms with Gasteiger partial charge in [-0.05, 0) is 42.7 Å². The SMILES string of the molecule is CC(C)CNC(=O)N1CCCC(C(=O)N2Cc3ccccc3C3(CCC3)C2)C1. The summed E-state index contributed by atoms with van der Waals surface area (Å²) in [4.78, 5) is 29.8. The van der Waals surface area contributed by atoms with E-state index in [1.807, 2.05) is 4.90 Å². The normalized spacial score (nSPS) is 23.3. The standard InChI is InChI=1S/C23H33N3O2/c1-17(2)13-24-22(28)25-12-5-8-19(15-25)21(27)26-14-18-7-3-4-9-20(18)23(16-26)10-6-11-23/h3-4,7,9,17,19H,5-6,8,10-16H2,1-2H3,(H,24,28). The fourth-order valence-corrected chi connectivity index (χ4v) is 5.10. The summed E-state index contributed by atoms with van der Waals surface area (Å²) in [6.07, 6.45) is 5.41. The first-order valence-electron chi connectivity index (χ1n) is 10.9. The third-order valence-corrected chi connectivity index (χ3v) is 6.79. The van der Waals surface area contributed by atoms with Crippen LogP contribution in [0, 0.1) is 11.8 Å². The molecular weight excluding hydrogens is 350 g/mol. The van der Waals surface area contributed by atoms with Gasteiger partial charge in [0.1, 0.15) is 0 Å². The fourth-order valence-electron chi connectivity index (χ4n) is 5.10. The van der Waals surface area contributed by atoms with Crippen LogP contribution in [0.2, 0.25) is 0 Å². The first kappa shape index (κ1) is 19.3. The molecule has 2 aliphatic heterocycles. The highest BCUT2D eigenvalue weighted by Crippen LogP contribution is 2.48. The number of amides is 3. The van der Waals surface area contributed by atoms with E-state index in [2.05, 4.69) is 48.3 Å². The molecule has 3 aliphatic rings. The lowest BCUT2D eigenvalue weighted by atomic mass is 9.61. The molecule has 1 atom stereocenters. The summed E-state index contributed by atoms with van der Waals surface area (Å²) in [6.45, 7) is 7.72. The molecule has 1 spiro atoms. The van der Waals surface area contributed by atoms with Crippen molar-refractivity contribution < 1.29 is 9.59 Å². The molecule has 0 aromatic heterocycles. The number of fused-ring (bicyclic) bond motifs is 2. The summed E-state index contributed by atoms with van der Waals surface area (Å²) in [5.41, 5.74) is 2.95. The molecule has 1 saturated carbocycles. The Kier molecular flexibility index (Phi) is 5.35. The van der Waals surface area contributed by atoms with E-state index < -0.39 is 0 Å². The molecule has 152 valence electrons. The average Bonchev–Trinajstić information content (AvgIpc) is 2.69. The smallest absolute Gasteiger partial charge is 0.317 e. The van der Waals surface area contributed by atoms with Gasteiger partial charge < -0.3 is 15.1 Å². The van der Waals surface area contributed by atoms with Crippen molar-refractivity contribution in [3.05, 3.63) is 35.4 Å². The highest BCUT2D eigenvalue weighted by Gasteiger charge is 2.46. The maximum atomic E-state index is 13.4. The maximum absolute atomic E-state index is 13.4. The van der Waals surface area contributed by atoms with Crippen LogP contribution in [0.25, 0.3) is 0 Å². The average molecular weight is 384 g/mol. The van der Waals surface area contributed by atoms with E-state index in [1.165, 1.54) is 30.4 Å². The number of likely N-dealkylation sites (tertiary alicyclic amines) is 1. The molecule has 1 N–H and O–H groups in total. The van der Waals surface area contributed by atoms with Crippen molar-refractivity contribution in [3.8, 4) is 0 Å². The minimum Gasteiger partial charge on any atom is -0.338 e. The topological polar surface area (TPSA) is 52.7 Å². The van der Waals surface area contributed by atoms with Gasteiger partial charge in [-0.3, -0.25) is 4.79 Å². The molecule has 5 heteroatoms. The number of nitrogens with one attached hydrogen (secondary N) is 1. The molecule has 0 radical (unpaired) electrons. The molecule has 28 heavy (non-hydrogen) atoms. The van der Waals surface area contributed by atoms with Gasteiger partial charge in [0.2, 0.25) is 5.91 Å². The molecule has 1 saturated heterocycles. The quantitative estimate of drug-likeness (QED) is 0.868. The van der Waals surface area contributed by atoms with E-state index in [0.717, 1.165) is 25.9 Å². The Morgan fingerprint density at radius 1 is 1.18 bits per heavy atom. The van der Waals surface area contributed by atoms with E-state index in [1.54, 1.807) is 0 Å². The van der Waals surface area contributed by atoms with Gasteiger partial charge in [0.25, 0.3) is 0 Å². The van der Waals surface area contributed by atoms with Gasteiger partial charge in [-0.2, -0.15) is 0 Å². The zero-order chi connectivity index (χ0) is 19.7. The van der Waals surface area contributed by atoms with Crippen LogP contribution in [0.4, 0.5) is 4.79 Å². The number of rotatable bonds is 3. The van der Waals surface area contributed by atoms with Gasteiger partial charge in [-0.1, -0.05) is 44.5 Å². The van der Waals surface area contributed by atoms with Gasteiger partial charge in [0.15, 0.2) is 0 Å². The van der Waals surface area contributed by atoms with Crippen molar-refractivity contribution in [2.45, 2.75) is 57.9 Å². The highest BCUT2D eigenvalue weighted by atomic mass is 16.2. The van der Waals surface area contributed by atoms with Crippen LogP contribution in [-0.4, -0.2) is 47.9 Å². The van der Waals surface area contributed by atoms with Crippen LogP contribution in [0.3, 0.4) is 0 Å². The molecule has 2 fully saturated rings. The van der Waals surface area contributed by atoms with Crippen LogP contribution in [0.1, 0.15) is 57.1 Å². The second kappa shape index (κ2) is 7.76. The van der Waals surface area contributed by atoms with Crippen molar-refractivity contribution in [2.24, 2.45) is 11.8 Å². The van der Waals surface area contributed by atoms with E-state index in [4.69, 9.17) is 0 Å². The van der Waals surface area contributed by atoms with Crippen molar-refractivity contribution in [1.29, 1.82) is 0 Å². The third-order valence-electron chi connectivity index (χ3n) is 6.79. The number of carbonyl (C=O) groups excluding carboxylic acids is 2. The number of carbonyl (C=O) groups is 2. The van der Waals surface area contributed by atoms with Crippen LogP contribution >= 0.6 is 0 Å². The van der Waals surface area contributed by atoms with Gasteiger partial charge >= 0.3 is 6.03 Å². The number of piperidine rings is 1. The van der Waals surface area contributed by atoms with Crippen LogP contribution in [0.15, 0.2) is 24.3 Å². The predicted octanol–water partition coefficient (Wildman–Crippen LogP) is 3.53. The first-order valence-corrected chi connectivity index (χ1v) is 10.9. The molecule has 4 rings (SSSR count). The number of hydrogen-bond acceptors (Lipinski definition) is 2. The van der Waals surface area contributed by atoms with Crippen LogP contribution in [-0.2, 0) is 16.8 Å². The largest absolute Gasteiger partial charge is 0.338 e. The van der Waals surface area contributed by atoms with Crippen LogP contribution in [0.5, 0.6) is 0 Å². The predicted molar refractivity (Wildman–Crippen MR) is 110 cm³/mol. The summed E-state index contributed by atoms with van der Waals surface area (Å²) in [6, 6.07) is 8.64. The first-order chi connectivity index (χ1) is 13.5. The Morgan fingerprint density at radius 3 is 2.68 bits per heavy atom. The zero-order valence-electron chi connectivity index (χ0n) is 17.2. The van der Waals surface area contributed by atoms with Gasteiger partial charge in [-0.15, -0.1) is 0 Å². The molecule has 0 bridgehead atoms. The number of urea groups is 1. The van der Waals surface area contributed by atoms with Crippen molar-refractivity contribution in [2.75, 3.05) is 26.2 Å². The summed E-state index contributed by atoms with van der Waals surface area (Å²) in [7, 11) is 0. The Balaban J connectivity index is 1.44. The molecule has 1 aliphatic carbocycles. The van der Waals surface area contributed by atoms with E-state index >= 15 is 0 Å². The molecule has 3 amide bonds. The van der Waals surface area contributed by atoms with E-state index in [0.29, 0.717) is 25.6 Å². The zero-order valence-corrected chi connectivity index (χ0v) is 17.2. The second-order valence-corrected chi connectivity index (χ2v) is 9.35. The van der Waals surface area contributed by atoms with Crippen molar-refractivity contribution in [1.82, 2.24) is 15.1 Å². The highest BCUT2D eigenvalue weighted by molar-refractivity contribution is 5.81. The Hall–Kier alpha value is -2.04. The maximum Gasteiger partial charge on any atom is 0.317 e. The summed E-state index contributed by atoms with van der Waals surface area (Å²) in [5.74, 6) is 0.598. The van der Waals surface area contributed by atoms with Crippen LogP contribution < -0.4 is 5.32 Å². The fraction of sp³-hybridized carbons (Fsp3) is 0.652. The third kappa shape index (κ3) is 3.63. The molecule has 1 aromatic rings. The van der Waals surface area contributed by atoms with Gasteiger partial charge in [0, 0.05) is 38.1 Å². The Bertz CT molecular complexity index is 741. The molecule has 2 heterocycles. The number of hydrogen-bond donors (Lipinski definition) is 1. The Morgan fingerprint density at radius 2 is 1.96 bits per heavy atom. The second-order valence-electron chi connectivity index (χ2n) is 9.35. The monoisotopic (exact) mass is 383 g/mol. The van der Waals surface area contributed by atoms with Gasteiger partial charge in [-0.25, -0.2) is 4.79 Å². The van der Waals surface area contributed by atoms with Crippen molar-refractivity contribution in [3.63, 3.8) is 0 Å². The minimum absolute atomic E-state index is 0.0225. The minimum atomic E-state index is -0.0686. The molecule has 5 nitrogen and oxygen atoms in total. The molecule has 1 unspecified atom stereocenters. The summed E-state index contributed by atoms with van der Waals surface area (Å²) in [5, 5.41) is 3.00. The van der Waals surface area contributed by atoms with E-state index in [9.17, 15) is 9.59 Å². The summed E-state index contributed by atoms with van der Waals surface area (Å²) < 4.78 is 0. The number of nitrogens with zero attached hydrogens (tertiary/aromatic N) is 2. The summed E-state index contributed by atoms with van der Waals surface area (Å²) >= 11 is 0. The lowest BCUT2D eigenvalue weighted by Crippen LogP contribution is -2.55. The Labute approximate surface area is 168 Å². The molecule has 1 aromatic carbocycles. The number of benzene rings is 1. The van der Waals surface area contributed by atoms with Gasteiger partial charge in [0.05, 0.1) is 5.92 Å². The lowest BCUT2D eigenvalue weighted by Gasteiger charge is -2.50. The van der Waals surface area contributed by atoms with E-state index in [-0.39, 0.29) is 23.3 Å².